The van der Waals surface area contributed by atoms with Gasteiger partial charge in [-0.2, -0.15) is 0 Å². The molecule has 7 nitrogen and oxygen atoms in total. The highest BCUT2D eigenvalue weighted by atomic mass is 32.2. The minimum absolute atomic E-state index is 0.145. The van der Waals surface area contributed by atoms with Crippen molar-refractivity contribution in [3.05, 3.63) is 59.9 Å². The number of amides is 2. The van der Waals surface area contributed by atoms with E-state index in [1.807, 2.05) is 0 Å². The minimum atomic E-state index is -0.398. The Morgan fingerprint density at radius 1 is 1.07 bits per heavy atom. The van der Waals surface area contributed by atoms with E-state index in [1.54, 1.807) is 24.3 Å². The summed E-state index contributed by atoms with van der Waals surface area (Å²) >= 11 is 2.71. The third-order valence-corrected chi connectivity index (χ3v) is 6.17. The summed E-state index contributed by atoms with van der Waals surface area (Å²) in [6.45, 7) is 0. The second kappa shape index (κ2) is 9.23. The third kappa shape index (κ3) is 5.55. The van der Waals surface area contributed by atoms with Crippen molar-refractivity contribution < 1.29 is 14.0 Å². The summed E-state index contributed by atoms with van der Waals surface area (Å²) in [6.07, 6.45) is 2.30. The zero-order valence-corrected chi connectivity index (χ0v) is 17.4. The van der Waals surface area contributed by atoms with Gasteiger partial charge in [0.15, 0.2) is 4.34 Å². The van der Waals surface area contributed by atoms with Crippen LogP contribution < -0.4 is 16.0 Å². The Hall–Kier alpha value is -2.98. The number of benzene rings is 2. The number of para-hydroxylation sites is 1. The molecule has 3 N–H and O–H groups in total. The first-order valence-electron chi connectivity index (χ1n) is 9.25. The first kappa shape index (κ1) is 20.3. The second-order valence-electron chi connectivity index (χ2n) is 6.64. The molecule has 1 heterocycles. The van der Waals surface area contributed by atoms with Crippen molar-refractivity contribution in [2.45, 2.75) is 23.2 Å². The van der Waals surface area contributed by atoms with Crippen LogP contribution in [0.4, 0.5) is 20.9 Å². The van der Waals surface area contributed by atoms with Gasteiger partial charge in [-0.15, -0.1) is 10.2 Å². The van der Waals surface area contributed by atoms with Gasteiger partial charge in [-0.1, -0.05) is 35.2 Å². The van der Waals surface area contributed by atoms with Crippen LogP contribution in [0.2, 0.25) is 0 Å². The average Bonchev–Trinajstić information content (AvgIpc) is 3.44. The number of nitrogens with one attached hydrogen (secondary N) is 3. The van der Waals surface area contributed by atoms with Gasteiger partial charge in [0.25, 0.3) is 5.91 Å². The Bertz CT molecular complexity index is 1050. The molecular weight excluding hydrogens is 425 g/mol. The molecule has 1 fully saturated rings. The van der Waals surface area contributed by atoms with Crippen molar-refractivity contribution in [3.8, 4) is 0 Å². The number of hydrogen-bond acceptors (Lipinski definition) is 7. The molecule has 1 aliphatic rings. The van der Waals surface area contributed by atoms with Crippen LogP contribution in [0.1, 0.15) is 23.2 Å². The highest BCUT2D eigenvalue weighted by molar-refractivity contribution is 8.01. The van der Waals surface area contributed by atoms with Gasteiger partial charge in [-0.25, -0.2) is 4.39 Å². The topological polar surface area (TPSA) is 96.0 Å². The number of carbonyl (C=O) groups excluding carboxylic acids is 2. The zero-order chi connectivity index (χ0) is 20.9. The summed E-state index contributed by atoms with van der Waals surface area (Å²) in [4.78, 5) is 25.0. The molecule has 1 saturated carbocycles. The molecule has 30 heavy (non-hydrogen) atoms. The summed E-state index contributed by atoms with van der Waals surface area (Å²) in [6, 6.07) is 12.7. The highest BCUT2D eigenvalue weighted by Gasteiger charge is 2.22. The van der Waals surface area contributed by atoms with Gasteiger partial charge >= 0.3 is 0 Å². The molecule has 0 bridgehead atoms. The van der Waals surface area contributed by atoms with Gasteiger partial charge in [0.05, 0.1) is 17.0 Å². The standard InChI is InChI=1S/C20H18FN5O2S2/c21-12-5-7-13(8-6-12)22-18(28)15-3-1-2-4-16(15)24-17(27)11-29-20-26-25-19(30-20)23-14-9-10-14/h1-8,14H,9-11H2,(H,22,28)(H,23,25)(H,24,27). The second-order valence-corrected chi connectivity index (χ2v) is 8.84. The molecule has 4 rings (SSSR count). The Labute approximate surface area is 180 Å². The lowest BCUT2D eigenvalue weighted by Gasteiger charge is -2.11. The van der Waals surface area contributed by atoms with Crippen LogP contribution in [0.5, 0.6) is 0 Å². The van der Waals surface area contributed by atoms with Crippen molar-refractivity contribution in [3.63, 3.8) is 0 Å². The first-order valence-corrected chi connectivity index (χ1v) is 11.1. The lowest BCUT2D eigenvalue weighted by molar-refractivity contribution is -0.113. The smallest absolute Gasteiger partial charge is 0.257 e. The zero-order valence-electron chi connectivity index (χ0n) is 15.7. The molecule has 3 aromatic rings. The number of hydrogen-bond donors (Lipinski definition) is 3. The van der Waals surface area contributed by atoms with Crippen LogP contribution in [0.25, 0.3) is 0 Å². The first-order chi connectivity index (χ1) is 14.6. The average molecular weight is 444 g/mol. The molecule has 1 aromatic heterocycles. The third-order valence-electron chi connectivity index (χ3n) is 4.19. The number of carbonyl (C=O) groups is 2. The number of halogens is 1. The van der Waals surface area contributed by atoms with Gasteiger partial charge in [0.2, 0.25) is 11.0 Å². The lowest BCUT2D eigenvalue weighted by atomic mass is 10.1. The van der Waals surface area contributed by atoms with Crippen LogP contribution in [0.3, 0.4) is 0 Å². The van der Waals surface area contributed by atoms with E-state index < -0.39 is 5.91 Å². The summed E-state index contributed by atoms with van der Waals surface area (Å²) in [5.74, 6) is -0.894. The molecule has 1 aliphatic carbocycles. The molecule has 0 radical (unpaired) electrons. The van der Waals surface area contributed by atoms with Gasteiger partial charge in [0, 0.05) is 11.7 Å². The maximum atomic E-state index is 13.0. The van der Waals surface area contributed by atoms with Crippen LogP contribution in [-0.2, 0) is 4.79 Å². The number of nitrogens with zero attached hydrogens (tertiary/aromatic N) is 2. The van der Waals surface area contributed by atoms with Gasteiger partial charge in [-0.3, -0.25) is 9.59 Å². The molecule has 154 valence electrons. The van der Waals surface area contributed by atoms with Crippen molar-refractivity contribution in [1.82, 2.24) is 10.2 Å². The Kier molecular flexibility index (Phi) is 6.24. The summed E-state index contributed by atoms with van der Waals surface area (Å²) in [5, 5.41) is 17.6. The quantitative estimate of drug-likeness (QED) is 0.451. The van der Waals surface area contributed by atoms with Crippen LogP contribution in [-0.4, -0.2) is 33.8 Å². The maximum absolute atomic E-state index is 13.0. The number of anilines is 3. The van der Waals surface area contributed by atoms with E-state index in [-0.39, 0.29) is 17.5 Å². The number of thioether (sulfide) groups is 1. The Morgan fingerprint density at radius 3 is 2.60 bits per heavy atom. The minimum Gasteiger partial charge on any atom is -0.357 e. The Morgan fingerprint density at radius 2 is 1.83 bits per heavy atom. The van der Waals surface area contributed by atoms with E-state index >= 15 is 0 Å². The van der Waals surface area contributed by atoms with Crippen molar-refractivity contribution in [1.29, 1.82) is 0 Å². The van der Waals surface area contributed by atoms with E-state index in [4.69, 9.17) is 0 Å². The van der Waals surface area contributed by atoms with Crippen molar-refractivity contribution >= 4 is 51.4 Å². The number of aromatic nitrogens is 2. The summed E-state index contributed by atoms with van der Waals surface area (Å²) in [7, 11) is 0. The summed E-state index contributed by atoms with van der Waals surface area (Å²) < 4.78 is 13.7. The Balaban J connectivity index is 1.34. The fraction of sp³-hybridized carbons (Fsp3) is 0.200. The molecular formula is C20H18FN5O2S2. The molecule has 0 atom stereocenters. The lowest BCUT2D eigenvalue weighted by Crippen LogP contribution is -2.19. The molecule has 0 saturated heterocycles. The van der Waals surface area contributed by atoms with Crippen LogP contribution in [0.15, 0.2) is 52.9 Å². The van der Waals surface area contributed by atoms with Gasteiger partial charge in [0.1, 0.15) is 5.82 Å². The highest BCUT2D eigenvalue weighted by Crippen LogP contribution is 2.30. The van der Waals surface area contributed by atoms with Crippen molar-refractivity contribution in [2.24, 2.45) is 0 Å². The largest absolute Gasteiger partial charge is 0.357 e. The number of rotatable bonds is 8. The van der Waals surface area contributed by atoms with E-state index in [2.05, 4.69) is 26.1 Å². The molecule has 0 spiro atoms. The van der Waals surface area contributed by atoms with Gasteiger partial charge < -0.3 is 16.0 Å². The molecule has 0 unspecified atom stereocenters. The SMILES string of the molecule is O=C(CSc1nnc(NC2CC2)s1)Nc1ccccc1C(=O)Nc1ccc(F)cc1. The predicted molar refractivity (Wildman–Crippen MR) is 117 cm³/mol. The van der Waals surface area contributed by atoms with E-state index in [9.17, 15) is 14.0 Å². The summed E-state index contributed by atoms with van der Waals surface area (Å²) in [5.41, 5.74) is 1.17. The monoisotopic (exact) mass is 443 g/mol. The predicted octanol–water partition coefficient (Wildman–Crippen LogP) is 4.23. The van der Waals surface area contributed by atoms with Crippen LogP contribution in [0, 0.1) is 5.82 Å². The maximum Gasteiger partial charge on any atom is 0.257 e. The fourth-order valence-corrected chi connectivity index (χ4v) is 4.19. The fourth-order valence-electron chi connectivity index (χ4n) is 2.56. The van der Waals surface area contributed by atoms with E-state index in [0.29, 0.717) is 27.3 Å². The van der Waals surface area contributed by atoms with Crippen molar-refractivity contribution in [2.75, 3.05) is 21.7 Å². The van der Waals surface area contributed by atoms with Crippen LogP contribution >= 0.6 is 23.1 Å². The van der Waals surface area contributed by atoms with E-state index in [0.717, 1.165) is 18.0 Å². The normalized spacial score (nSPS) is 13.0. The molecule has 2 aromatic carbocycles. The molecule has 2 amide bonds. The van der Waals surface area contributed by atoms with Gasteiger partial charge in [-0.05, 0) is 49.2 Å². The molecule has 0 aliphatic heterocycles. The molecule has 10 heteroatoms. The van der Waals surface area contributed by atoms with E-state index in [1.165, 1.54) is 47.4 Å².